The molecule has 2 N–H and O–H groups in total. The topological polar surface area (TPSA) is 56.7 Å². The van der Waals surface area contributed by atoms with Gasteiger partial charge in [0.05, 0.1) is 5.57 Å². The second kappa shape index (κ2) is 8.18. The van der Waals surface area contributed by atoms with Crippen LogP contribution in [0.2, 0.25) is 0 Å². The van der Waals surface area contributed by atoms with Gasteiger partial charge < -0.3 is 5.32 Å². The molecule has 0 spiro atoms. The smallest absolute Gasteiger partial charge is 0.322 e. The van der Waals surface area contributed by atoms with Crippen LogP contribution in [0.5, 0.6) is 0 Å². The average Bonchev–Trinajstić information content (AvgIpc) is 2.90. The number of halogens is 3. The van der Waals surface area contributed by atoms with E-state index in [1.807, 2.05) is 17.9 Å². The minimum Gasteiger partial charge on any atom is -0.322 e. The van der Waals surface area contributed by atoms with Crippen LogP contribution in [0, 0.1) is 6.92 Å². The summed E-state index contributed by atoms with van der Waals surface area (Å²) < 4.78 is 40.6. The fourth-order valence-electron chi connectivity index (χ4n) is 4.12. The fraction of sp³-hybridized carbons (Fsp3) is 0.524. The van der Waals surface area contributed by atoms with E-state index in [2.05, 4.69) is 15.8 Å². The number of hydrogen-bond acceptors (Lipinski definition) is 4. The maximum atomic E-state index is 13.5. The van der Waals surface area contributed by atoms with Crippen molar-refractivity contribution in [3.63, 3.8) is 0 Å². The van der Waals surface area contributed by atoms with Crippen LogP contribution in [0.1, 0.15) is 45.1 Å². The van der Waals surface area contributed by atoms with Crippen molar-refractivity contribution in [2.75, 3.05) is 18.4 Å². The first-order chi connectivity index (χ1) is 13.6. The Hall–Kier alpha value is -2.35. The Morgan fingerprint density at radius 2 is 1.83 bits per heavy atom. The molecular formula is C21H27F3N4O. The number of benzene rings is 1. The number of hydrogen-bond donors (Lipinski definition) is 2. The van der Waals surface area contributed by atoms with Crippen LogP contribution in [0.3, 0.4) is 0 Å². The van der Waals surface area contributed by atoms with Gasteiger partial charge in [-0.3, -0.25) is 15.1 Å². The Balaban J connectivity index is 2.02. The van der Waals surface area contributed by atoms with Crippen LogP contribution in [0.4, 0.5) is 18.9 Å². The largest absolute Gasteiger partial charge is 0.435 e. The molecule has 29 heavy (non-hydrogen) atoms. The highest BCUT2D eigenvalue weighted by Gasteiger charge is 2.48. The van der Waals surface area contributed by atoms with Gasteiger partial charge in [0.25, 0.3) is 5.91 Å². The molecule has 0 aromatic heterocycles. The number of aryl methyl sites for hydroxylation is 1. The third kappa shape index (κ3) is 4.47. The number of amides is 1. The molecule has 2 heterocycles. The number of nitrogens with zero attached hydrogens (tertiary/aromatic N) is 2. The maximum Gasteiger partial charge on any atom is 0.435 e. The molecule has 1 aromatic carbocycles. The number of nitrogens with one attached hydrogen (secondary N) is 2. The number of hydrazone groups is 1. The van der Waals surface area contributed by atoms with Crippen molar-refractivity contribution >= 4 is 17.3 Å². The van der Waals surface area contributed by atoms with Crippen molar-refractivity contribution in [3.05, 3.63) is 41.0 Å². The molecule has 1 saturated heterocycles. The molecule has 3 rings (SSSR count). The van der Waals surface area contributed by atoms with Crippen molar-refractivity contribution in [3.8, 4) is 0 Å². The molecule has 0 aliphatic carbocycles. The SMILES string of the molecule is CC1=C(C(=O)Nc2cccc(C)c2)C(C)(N2CCCCCC2)NN=C1C(F)(F)F. The molecule has 1 amide bonds. The van der Waals surface area contributed by atoms with Crippen LogP contribution >= 0.6 is 0 Å². The highest BCUT2D eigenvalue weighted by molar-refractivity contribution is 6.15. The van der Waals surface area contributed by atoms with E-state index in [1.165, 1.54) is 6.92 Å². The Morgan fingerprint density at radius 3 is 2.41 bits per heavy atom. The molecule has 0 saturated carbocycles. The zero-order chi connectivity index (χ0) is 21.2. The zero-order valence-electron chi connectivity index (χ0n) is 17.0. The van der Waals surface area contributed by atoms with E-state index in [-0.39, 0.29) is 11.1 Å². The van der Waals surface area contributed by atoms with E-state index in [4.69, 9.17) is 0 Å². The lowest BCUT2D eigenvalue weighted by atomic mass is 9.89. The number of rotatable bonds is 3. The summed E-state index contributed by atoms with van der Waals surface area (Å²) in [6.45, 7) is 6.33. The average molecular weight is 408 g/mol. The van der Waals surface area contributed by atoms with Gasteiger partial charge in [-0.05, 0) is 56.9 Å². The van der Waals surface area contributed by atoms with Crippen LogP contribution in [0.25, 0.3) is 0 Å². The van der Waals surface area contributed by atoms with Gasteiger partial charge in [-0.1, -0.05) is 25.0 Å². The first kappa shape index (κ1) is 21.4. The van der Waals surface area contributed by atoms with Gasteiger partial charge in [0, 0.05) is 18.8 Å². The Kier molecular flexibility index (Phi) is 6.03. The van der Waals surface area contributed by atoms with Gasteiger partial charge in [-0.25, -0.2) is 0 Å². The molecule has 1 unspecified atom stereocenters. The number of likely N-dealkylation sites (tertiary alicyclic amines) is 1. The lowest BCUT2D eigenvalue weighted by Gasteiger charge is -2.44. The lowest BCUT2D eigenvalue weighted by Crippen LogP contribution is -2.61. The molecular weight excluding hydrogens is 381 g/mol. The Morgan fingerprint density at radius 1 is 1.17 bits per heavy atom. The van der Waals surface area contributed by atoms with E-state index in [1.54, 1.807) is 25.1 Å². The molecule has 8 heteroatoms. The first-order valence-corrected chi connectivity index (χ1v) is 9.90. The van der Waals surface area contributed by atoms with E-state index in [0.717, 1.165) is 31.2 Å². The Bertz CT molecular complexity index is 839. The fourth-order valence-corrected chi connectivity index (χ4v) is 4.12. The van der Waals surface area contributed by atoms with Crippen LogP contribution in [-0.4, -0.2) is 41.4 Å². The number of anilines is 1. The van der Waals surface area contributed by atoms with Crippen molar-refractivity contribution in [1.29, 1.82) is 0 Å². The summed E-state index contributed by atoms with van der Waals surface area (Å²) in [5.41, 5.74) is 1.92. The molecule has 0 bridgehead atoms. The van der Waals surface area contributed by atoms with Crippen molar-refractivity contribution < 1.29 is 18.0 Å². The standard InChI is InChI=1S/C21H27F3N4O/c1-14-9-8-10-16(13-14)25-19(29)17-15(2)18(21(22,23)24)26-27-20(17,3)28-11-6-4-5-7-12-28/h8-10,13,27H,4-7,11-12H2,1-3H3,(H,25,29). The predicted octanol–water partition coefficient (Wildman–Crippen LogP) is 4.36. The number of carbonyl (C=O) groups excluding carboxylic acids is 1. The van der Waals surface area contributed by atoms with Gasteiger partial charge in [0.2, 0.25) is 0 Å². The normalized spacial score (nSPS) is 23.9. The minimum atomic E-state index is -4.65. The third-order valence-electron chi connectivity index (χ3n) is 5.61. The summed E-state index contributed by atoms with van der Waals surface area (Å²) in [7, 11) is 0. The van der Waals surface area contributed by atoms with Gasteiger partial charge >= 0.3 is 6.18 Å². The van der Waals surface area contributed by atoms with E-state index in [0.29, 0.717) is 18.8 Å². The molecule has 1 fully saturated rings. The molecule has 1 atom stereocenters. The lowest BCUT2D eigenvalue weighted by molar-refractivity contribution is -0.114. The molecule has 1 aromatic rings. The summed E-state index contributed by atoms with van der Waals surface area (Å²) in [5, 5.41) is 6.44. The van der Waals surface area contributed by atoms with Crippen molar-refractivity contribution in [1.82, 2.24) is 10.3 Å². The number of alkyl halides is 3. The van der Waals surface area contributed by atoms with Gasteiger partial charge in [-0.2, -0.15) is 18.3 Å². The highest BCUT2D eigenvalue weighted by Crippen LogP contribution is 2.35. The van der Waals surface area contributed by atoms with Crippen LogP contribution < -0.4 is 10.7 Å². The first-order valence-electron chi connectivity index (χ1n) is 9.90. The quantitative estimate of drug-likeness (QED) is 0.781. The van der Waals surface area contributed by atoms with Gasteiger partial charge in [0.1, 0.15) is 5.66 Å². The molecule has 5 nitrogen and oxygen atoms in total. The second-order valence-corrected chi connectivity index (χ2v) is 7.87. The third-order valence-corrected chi connectivity index (χ3v) is 5.61. The summed E-state index contributed by atoms with van der Waals surface area (Å²) >= 11 is 0. The second-order valence-electron chi connectivity index (χ2n) is 7.87. The molecule has 2 aliphatic heterocycles. The monoisotopic (exact) mass is 408 g/mol. The zero-order valence-corrected chi connectivity index (χ0v) is 17.0. The Labute approximate surface area is 169 Å². The summed E-state index contributed by atoms with van der Waals surface area (Å²) in [6.07, 6.45) is -0.654. The molecule has 158 valence electrons. The summed E-state index contributed by atoms with van der Waals surface area (Å²) in [6, 6.07) is 7.19. The van der Waals surface area contributed by atoms with Crippen molar-refractivity contribution in [2.45, 2.75) is 58.3 Å². The summed E-state index contributed by atoms with van der Waals surface area (Å²) in [5.74, 6) is -0.552. The predicted molar refractivity (Wildman–Crippen MR) is 108 cm³/mol. The van der Waals surface area contributed by atoms with E-state index in [9.17, 15) is 18.0 Å². The highest BCUT2D eigenvalue weighted by atomic mass is 19.4. The minimum absolute atomic E-state index is 0.0585. The number of allylic oxidation sites excluding steroid dienone is 1. The van der Waals surface area contributed by atoms with Gasteiger partial charge in [0.15, 0.2) is 5.71 Å². The van der Waals surface area contributed by atoms with Crippen LogP contribution in [0.15, 0.2) is 40.5 Å². The summed E-state index contributed by atoms with van der Waals surface area (Å²) in [4.78, 5) is 15.3. The molecule has 0 radical (unpaired) electrons. The van der Waals surface area contributed by atoms with E-state index >= 15 is 0 Å². The van der Waals surface area contributed by atoms with Gasteiger partial charge in [-0.15, -0.1) is 0 Å². The number of carbonyl (C=O) groups is 1. The molecule has 2 aliphatic rings. The maximum absolute atomic E-state index is 13.5. The van der Waals surface area contributed by atoms with Crippen LogP contribution in [-0.2, 0) is 4.79 Å². The van der Waals surface area contributed by atoms with Crippen molar-refractivity contribution in [2.24, 2.45) is 5.10 Å². The van der Waals surface area contributed by atoms with E-state index < -0.39 is 23.5 Å².